The lowest BCUT2D eigenvalue weighted by Crippen LogP contribution is -2.63. The summed E-state index contributed by atoms with van der Waals surface area (Å²) >= 11 is 0. The number of fused-ring (bicyclic) bond motifs is 3. The van der Waals surface area contributed by atoms with Gasteiger partial charge in [0.25, 0.3) is 0 Å². The number of nitrogens with zero attached hydrogens (tertiary/aromatic N) is 1. The second-order valence-corrected chi connectivity index (χ2v) is 7.60. The van der Waals surface area contributed by atoms with Crippen LogP contribution >= 0.6 is 0 Å². The average molecular weight is 381 g/mol. The van der Waals surface area contributed by atoms with Gasteiger partial charge in [0.15, 0.2) is 0 Å². The molecule has 146 valence electrons. The van der Waals surface area contributed by atoms with E-state index in [-0.39, 0.29) is 25.0 Å². The summed E-state index contributed by atoms with van der Waals surface area (Å²) in [5, 5.41) is 8.69. The van der Waals surface area contributed by atoms with Crippen molar-refractivity contribution >= 4 is 12.1 Å². The minimum atomic E-state index is -0.892. The van der Waals surface area contributed by atoms with Crippen LogP contribution in [0.2, 0.25) is 0 Å². The molecule has 2 aliphatic rings. The number of hydrogen-bond acceptors (Lipinski definition) is 4. The maximum Gasteiger partial charge on any atom is 0.409 e. The van der Waals surface area contributed by atoms with Gasteiger partial charge in [-0.15, -0.1) is 0 Å². The van der Waals surface area contributed by atoms with Crippen molar-refractivity contribution in [2.24, 2.45) is 0 Å². The molecule has 2 aromatic carbocycles. The van der Waals surface area contributed by atoms with Gasteiger partial charge in [0.05, 0.1) is 26.1 Å². The van der Waals surface area contributed by atoms with Gasteiger partial charge >= 0.3 is 12.1 Å². The first-order valence-electron chi connectivity index (χ1n) is 9.42. The van der Waals surface area contributed by atoms with Gasteiger partial charge in [-0.3, -0.25) is 4.79 Å². The Morgan fingerprint density at radius 1 is 1.07 bits per heavy atom. The van der Waals surface area contributed by atoms with Gasteiger partial charge in [-0.05, 0) is 29.2 Å². The molecule has 0 atom stereocenters. The molecule has 0 unspecified atom stereocenters. The Bertz CT molecular complexity index is 858. The lowest BCUT2D eigenvalue weighted by Gasteiger charge is -2.46. The van der Waals surface area contributed by atoms with E-state index >= 15 is 0 Å². The zero-order chi connectivity index (χ0) is 19.7. The van der Waals surface area contributed by atoms with Crippen LogP contribution < -0.4 is 0 Å². The number of hydrogen-bond donors (Lipinski definition) is 1. The van der Waals surface area contributed by atoms with E-state index in [0.717, 1.165) is 0 Å². The largest absolute Gasteiger partial charge is 0.481 e. The molecule has 1 saturated heterocycles. The standard InChI is InChI=1S/C22H23NO5/c1-22(28-11-10-20(24)25)13-23(14-22)21(26)27-12-19-17-8-4-2-6-15(17)16-7-3-5-9-18(16)19/h2-9,19H,10-14H2,1H3,(H,24,25). The summed E-state index contributed by atoms with van der Waals surface area (Å²) in [6, 6.07) is 16.4. The number of carboxylic acid groups (broad SMARTS) is 1. The first-order valence-corrected chi connectivity index (χ1v) is 9.42. The van der Waals surface area contributed by atoms with Crippen molar-refractivity contribution in [3.63, 3.8) is 0 Å². The van der Waals surface area contributed by atoms with Crippen LogP contribution in [0.25, 0.3) is 11.1 Å². The minimum absolute atomic E-state index is 0.0378. The van der Waals surface area contributed by atoms with Crippen molar-refractivity contribution in [2.75, 3.05) is 26.3 Å². The van der Waals surface area contributed by atoms with E-state index in [9.17, 15) is 9.59 Å². The lowest BCUT2D eigenvalue weighted by atomic mass is 9.97. The Kier molecular flexibility index (Phi) is 4.81. The molecular weight excluding hydrogens is 358 g/mol. The van der Waals surface area contributed by atoms with E-state index in [1.54, 1.807) is 4.90 Å². The van der Waals surface area contributed by atoms with Crippen LogP contribution in [-0.2, 0) is 14.3 Å². The molecule has 0 aromatic heterocycles. The highest BCUT2D eigenvalue weighted by Gasteiger charge is 2.43. The van der Waals surface area contributed by atoms with Gasteiger partial charge in [0.1, 0.15) is 12.2 Å². The monoisotopic (exact) mass is 381 g/mol. The molecule has 0 spiro atoms. The smallest absolute Gasteiger partial charge is 0.409 e. The fourth-order valence-corrected chi connectivity index (χ4v) is 4.05. The fraction of sp³-hybridized carbons (Fsp3) is 0.364. The molecule has 0 bridgehead atoms. The van der Waals surface area contributed by atoms with Crippen LogP contribution in [0.4, 0.5) is 4.79 Å². The number of likely N-dealkylation sites (tertiary alicyclic amines) is 1. The highest BCUT2D eigenvalue weighted by molar-refractivity contribution is 5.79. The van der Waals surface area contributed by atoms with E-state index < -0.39 is 11.6 Å². The third-order valence-electron chi connectivity index (χ3n) is 5.41. The summed E-state index contributed by atoms with van der Waals surface area (Å²) in [6.45, 7) is 3.12. The molecule has 2 aromatic rings. The number of carboxylic acids is 1. The van der Waals surface area contributed by atoms with Crippen LogP contribution in [-0.4, -0.2) is 54.0 Å². The summed E-state index contributed by atoms with van der Waals surface area (Å²) in [6.07, 6.45) is -0.401. The van der Waals surface area contributed by atoms with Gasteiger partial charge in [-0.25, -0.2) is 4.79 Å². The zero-order valence-electron chi connectivity index (χ0n) is 15.8. The number of carbonyl (C=O) groups is 2. The van der Waals surface area contributed by atoms with Crippen LogP contribution in [0.5, 0.6) is 0 Å². The molecule has 4 rings (SSSR count). The molecule has 28 heavy (non-hydrogen) atoms. The zero-order valence-corrected chi connectivity index (χ0v) is 15.8. The van der Waals surface area contributed by atoms with E-state index in [4.69, 9.17) is 14.6 Å². The van der Waals surface area contributed by atoms with E-state index in [0.29, 0.717) is 19.7 Å². The van der Waals surface area contributed by atoms with Gasteiger partial charge < -0.3 is 19.5 Å². The predicted octanol–water partition coefficient (Wildman–Crippen LogP) is 3.50. The third kappa shape index (κ3) is 3.47. The Balaban J connectivity index is 1.34. The molecule has 1 N–H and O–H groups in total. The van der Waals surface area contributed by atoms with Gasteiger partial charge in [-0.2, -0.15) is 0 Å². The number of benzene rings is 2. The van der Waals surface area contributed by atoms with E-state index in [1.165, 1.54) is 22.3 Å². The summed E-state index contributed by atoms with van der Waals surface area (Å²) in [7, 11) is 0. The summed E-state index contributed by atoms with van der Waals surface area (Å²) < 4.78 is 11.2. The first kappa shape index (κ1) is 18.5. The normalized spacial score (nSPS) is 16.8. The van der Waals surface area contributed by atoms with Crippen molar-refractivity contribution in [1.82, 2.24) is 4.90 Å². The summed E-state index contributed by atoms with van der Waals surface area (Å²) in [5.74, 6) is -0.854. The lowest BCUT2D eigenvalue weighted by molar-refractivity contribution is -0.146. The second-order valence-electron chi connectivity index (χ2n) is 7.60. The predicted molar refractivity (Wildman–Crippen MR) is 103 cm³/mol. The second kappa shape index (κ2) is 7.28. The molecule has 0 saturated carbocycles. The third-order valence-corrected chi connectivity index (χ3v) is 5.41. The summed E-state index contributed by atoms with van der Waals surface area (Å²) in [5.41, 5.74) is 4.26. The number of rotatable bonds is 6. The average Bonchev–Trinajstić information content (AvgIpc) is 2.98. The summed E-state index contributed by atoms with van der Waals surface area (Å²) in [4.78, 5) is 24.6. The topological polar surface area (TPSA) is 76.1 Å². The molecule has 1 amide bonds. The Morgan fingerprint density at radius 3 is 2.21 bits per heavy atom. The van der Waals surface area contributed by atoms with Crippen molar-refractivity contribution < 1.29 is 24.2 Å². The highest BCUT2D eigenvalue weighted by Crippen LogP contribution is 2.44. The van der Waals surface area contributed by atoms with Crippen LogP contribution in [0.15, 0.2) is 48.5 Å². The molecule has 1 fully saturated rings. The molecule has 1 heterocycles. The molecule has 1 aliphatic carbocycles. The van der Waals surface area contributed by atoms with Gasteiger partial charge in [0.2, 0.25) is 0 Å². The molecule has 6 heteroatoms. The van der Waals surface area contributed by atoms with Crippen LogP contribution in [0.1, 0.15) is 30.4 Å². The molecule has 0 radical (unpaired) electrons. The van der Waals surface area contributed by atoms with Gasteiger partial charge in [-0.1, -0.05) is 48.5 Å². The molecule has 1 aliphatic heterocycles. The Hall–Kier alpha value is -2.86. The molecule has 6 nitrogen and oxygen atoms in total. The Labute approximate surface area is 163 Å². The number of carbonyl (C=O) groups excluding carboxylic acids is 1. The highest BCUT2D eigenvalue weighted by atomic mass is 16.6. The van der Waals surface area contributed by atoms with Crippen molar-refractivity contribution in [3.8, 4) is 11.1 Å². The van der Waals surface area contributed by atoms with Crippen molar-refractivity contribution in [1.29, 1.82) is 0 Å². The number of aliphatic carboxylic acids is 1. The maximum atomic E-state index is 12.4. The van der Waals surface area contributed by atoms with Gasteiger partial charge in [0, 0.05) is 5.92 Å². The van der Waals surface area contributed by atoms with Crippen molar-refractivity contribution in [3.05, 3.63) is 59.7 Å². The van der Waals surface area contributed by atoms with E-state index in [1.807, 2.05) is 31.2 Å². The van der Waals surface area contributed by atoms with Crippen LogP contribution in [0, 0.1) is 0 Å². The SMILES string of the molecule is CC1(OCCC(=O)O)CN(C(=O)OCC2c3ccccc3-c3ccccc32)C1. The molecular formula is C22H23NO5. The maximum absolute atomic E-state index is 12.4. The fourth-order valence-electron chi connectivity index (χ4n) is 4.05. The first-order chi connectivity index (χ1) is 13.5. The Morgan fingerprint density at radius 2 is 1.64 bits per heavy atom. The number of ether oxygens (including phenoxy) is 2. The number of amides is 1. The quantitative estimate of drug-likeness (QED) is 0.829. The van der Waals surface area contributed by atoms with Crippen LogP contribution in [0.3, 0.4) is 0 Å². The van der Waals surface area contributed by atoms with E-state index in [2.05, 4.69) is 24.3 Å². The minimum Gasteiger partial charge on any atom is -0.481 e. The van der Waals surface area contributed by atoms with Crippen molar-refractivity contribution in [2.45, 2.75) is 24.9 Å².